The Morgan fingerprint density at radius 3 is 2.72 bits per heavy atom. The first-order valence-corrected chi connectivity index (χ1v) is 6.92. The van der Waals surface area contributed by atoms with Gasteiger partial charge in [-0.1, -0.05) is 29.3 Å². The van der Waals surface area contributed by atoms with Crippen LogP contribution in [0.3, 0.4) is 0 Å². The van der Waals surface area contributed by atoms with Crippen molar-refractivity contribution in [1.82, 2.24) is 4.98 Å². The number of thioether (sulfide) groups is 1. The quantitative estimate of drug-likeness (QED) is 0.510. The predicted molar refractivity (Wildman–Crippen MR) is 78.1 cm³/mol. The van der Waals surface area contributed by atoms with Gasteiger partial charge in [-0.15, -0.1) is 11.8 Å². The molecule has 0 unspecified atom stereocenters. The van der Waals surface area contributed by atoms with Gasteiger partial charge in [0, 0.05) is 21.9 Å². The van der Waals surface area contributed by atoms with Crippen LogP contribution in [-0.4, -0.2) is 4.98 Å². The molecule has 2 aromatic rings. The monoisotopic (exact) mass is 299 g/mol. The number of benzene rings is 1. The molecule has 0 amide bonds. The highest BCUT2D eigenvalue weighted by molar-refractivity contribution is 7.98. The number of nitrogens with zero attached hydrogens (tertiary/aromatic N) is 1. The summed E-state index contributed by atoms with van der Waals surface area (Å²) in [5.41, 5.74) is 3.58. The van der Waals surface area contributed by atoms with E-state index in [1.165, 1.54) is 0 Å². The maximum Gasteiger partial charge on any atom is 0.139 e. The Labute approximate surface area is 120 Å². The van der Waals surface area contributed by atoms with Crippen molar-refractivity contribution in [3.05, 3.63) is 52.1 Å². The molecular weight excluding hydrogens is 289 g/mol. The van der Waals surface area contributed by atoms with E-state index in [0.29, 0.717) is 15.9 Å². The summed E-state index contributed by atoms with van der Waals surface area (Å²) < 4.78 is 0. The highest BCUT2D eigenvalue weighted by Crippen LogP contribution is 2.31. The minimum Gasteiger partial charge on any atom is -0.308 e. The number of pyridine rings is 1. The second-order valence-electron chi connectivity index (χ2n) is 3.56. The van der Waals surface area contributed by atoms with Crippen molar-refractivity contribution in [3.63, 3.8) is 0 Å². The summed E-state index contributed by atoms with van der Waals surface area (Å²) in [5.74, 6) is 6.67. The normalized spacial score (nSPS) is 10.4. The zero-order valence-corrected chi connectivity index (χ0v) is 11.7. The summed E-state index contributed by atoms with van der Waals surface area (Å²) >= 11 is 13.6. The van der Waals surface area contributed by atoms with Gasteiger partial charge < -0.3 is 5.43 Å². The SMILES string of the molecule is NNc1ccc(CSc2cc(Cl)ccc2Cl)cn1. The molecule has 0 spiro atoms. The Kier molecular flexibility index (Phi) is 4.72. The Balaban J connectivity index is 2.04. The van der Waals surface area contributed by atoms with Gasteiger partial charge in [-0.25, -0.2) is 10.8 Å². The van der Waals surface area contributed by atoms with Gasteiger partial charge in [-0.2, -0.15) is 0 Å². The molecule has 94 valence electrons. The molecule has 6 heteroatoms. The van der Waals surface area contributed by atoms with Crippen LogP contribution >= 0.6 is 35.0 Å². The van der Waals surface area contributed by atoms with Crippen molar-refractivity contribution in [2.24, 2.45) is 5.84 Å². The molecule has 3 nitrogen and oxygen atoms in total. The molecule has 0 aliphatic heterocycles. The molecule has 3 N–H and O–H groups in total. The van der Waals surface area contributed by atoms with Gasteiger partial charge in [-0.3, -0.25) is 0 Å². The highest BCUT2D eigenvalue weighted by Gasteiger charge is 2.03. The zero-order valence-electron chi connectivity index (χ0n) is 9.36. The summed E-state index contributed by atoms with van der Waals surface area (Å²) in [5, 5.41) is 1.39. The van der Waals surface area contributed by atoms with E-state index < -0.39 is 0 Å². The van der Waals surface area contributed by atoms with Crippen molar-refractivity contribution < 1.29 is 0 Å². The molecule has 0 radical (unpaired) electrons. The Bertz CT molecular complexity index is 531. The maximum atomic E-state index is 6.09. The second kappa shape index (κ2) is 6.29. The van der Waals surface area contributed by atoms with Crippen LogP contribution in [0, 0.1) is 0 Å². The lowest BCUT2D eigenvalue weighted by atomic mass is 10.3. The van der Waals surface area contributed by atoms with Crippen molar-refractivity contribution in [3.8, 4) is 0 Å². The van der Waals surface area contributed by atoms with Crippen LogP contribution in [0.1, 0.15) is 5.56 Å². The highest BCUT2D eigenvalue weighted by atomic mass is 35.5. The Hall–Kier alpha value is -0.940. The van der Waals surface area contributed by atoms with Crippen molar-refractivity contribution >= 4 is 40.8 Å². The van der Waals surface area contributed by atoms with Crippen LogP contribution in [0.5, 0.6) is 0 Å². The number of rotatable bonds is 4. The number of halogens is 2. The van der Waals surface area contributed by atoms with E-state index in [4.69, 9.17) is 29.0 Å². The van der Waals surface area contributed by atoms with Gasteiger partial charge in [0.05, 0.1) is 5.02 Å². The van der Waals surface area contributed by atoms with Crippen LogP contribution in [0.15, 0.2) is 41.4 Å². The lowest BCUT2D eigenvalue weighted by molar-refractivity contribution is 1.19. The second-order valence-corrected chi connectivity index (χ2v) is 5.42. The summed E-state index contributed by atoms with van der Waals surface area (Å²) in [7, 11) is 0. The van der Waals surface area contributed by atoms with Gasteiger partial charge in [-0.05, 0) is 29.8 Å². The smallest absolute Gasteiger partial charge is 0.139 e. The van der Waals surface area contributed by atoms with Crippen LogP contribution in [0.25, 0.3) is 0 Å². The topological polar surface area (TPSA) is 50.9 Å². The van der Waals surface area contributed by atoms with E-state index in [1.54, 1.807) is 30.1 Å². The fraction of sp³-hybridized carbons (Fsp3) is 0.0833. The number of nitrogens with two attached hydrogens (primary N) is 1. The average Bonchev–Trinajstić information content (AvgIpc) is 2.40. The number of anilines is 1. The molecule has 2 rings (SSSR count). The van der Waals surface area contributed by atoms with E-state index in [-0.39, 0.29) is 0 Å². The van der Waals surface area contributed by atoms with Gasteiger partial charge in [0.1, 0.15) is 5.82 Å². The van der Waals surface area contributed by atoms with Crippen LogP contribution < -0.4 is 11.3 Å². The molecule has 1 heterocycles. The van der Waals surface area contributed by atoms with E-state index in [0.717, 1.165) is 16.2 Å². The first kappa shape index (κ1) is 13.5. The molecule has 18 heavy (non-hydrogen) atoms. The molecule has 0 saturated carbocycles. The van der Waals surface area contributed by atoms with Crippen LogP contribution in [-0.2, 0) is 5.75 Å². The van der Waals surface area contributed by atoms with Crippen molar-refractivity contribution in [1.29, 1.82) is 0 Å². The number of aromatic nitrogens is 1. The van der Waals surface area contributed by atoms with Crippen LogP contribution in [0.4, 0.5) is 5.82 Å². The molecule has 0 fully saturated rings. The molecule has 0 aliphatic carbocycles. The van der Waals surface area contributed by atoms with Crippen molar-refractivity contribution in [2.75, 3.05) is 5.43 Å². The van der Waals surface area contributed by atoms with E-state index >= 15 is 0 Å². The van der Waals surface area contributed by atoms with E-state index in [2.05, 4.69) is 10.4 Å². The standard InChI is InChI=1S/C12H11Cl2N3S/c13-9-2-3-10(14)11(5-9)18-7-8-1-4-12(17-15)16-6-8/h1-6H,7,15H2,(H,16,17). The van der Waals surface area contributed by atoms with Gasteiger partial charge in [0.15, 0.2) is 0 Å². The molecular formula is C12H11Cl2N3S. The molecule has 0 saturated heterocycles. The Morgan fingerprint density at radius 2 is 2.06 bits per heavy atom. The number of nitrogens with one attached hydrogen (secondary N) is 1. The fourth-order valence-corrected chi connectivity index (χ4v) is 2.77. The van der Waals surface area contributed by atoms with Crippen LogP contribution in [0.2, 0.25) is 10.0 Å². The van der Waals surface area contributed by atoms with E-state index in [9.17, 15) is 0 Å². The van der Waals surface area contributed by atoms with Gasteiger partial charge in [0.2, 0.25) is 0 Å². The predicted octanol–water partition coefficient (Wildman–Crippen LogP) is 3.97. The number of hydrazine groups is 1. The minimum atomic E-state index is 0.643. The molecule has 0 bridgehead atoms. The van der Waals surface area contributed by atoms with Gasteiger partial charge >= 0.3 is 0 Å². The molecule has 0 aliphatic rings. The number of nitrogen functional groups attached to an aromatic ring is 1. The summed E-state index contributed by atoms with van der Waals surface area (Å²) in [6.45, 7) is 0. The largest absolute Gasteiger partial charge is 0.308 e. The summed E-state index contributed by atoms with van der Waals surface area (Å²) in [6, 6.07) is 9.23. The summed E-state index contributed by atoms with van der Waals surface area (Å²) in [6.07, 6.45) is 1.78. The molecule has 1 aromatic heterocycles. The molecule has 0 atom stereocenters. The van der Waals surface area contributed by atoms with Gasteiger partial charge in [0.25, 0.3) is 0 Å². The maximum absolute atomic E-state index is 6.09. The fourth-order valence-electron chi connectivity index (χ4n) is 1.34. The third-order valence-corrected chi connectivity index (χ3v) is 4.06. The molecule has 1 aromatic carbocycles. The first-order valence-electron chi connectivity index (χ1n) is 5.18. The third-order valence-electron chi connectivity index (χ3n) is 2.26. The Morgan fingerprint density at radius 1 is 1.22 bits per heavy atom. The first-order chi connectivity index (χ1) is 8.69. The lowest BCUT2D eigenvalue weighted by Crippen LogP contribution is -2.08. The number of hydrogen-bond donors (Lipinski definition) is 2. The van der Waals surface area contributed by atoms with E-state index in [1.807, 2.05) is 18.2 Å². The minimum absolute atomic E-state index is 0.643. The summed E-state index contributed by atoms with van der Waals surface area (Å²) in [4.78, 5) is 5.10. The van der Waals surface area contributed by atoms with Crippen molar-refractivity contribution in [2.45, 2.75) is 10.6 Å². The lowest BCUT2D eigenvalue weighted by Gasteiger charge is -2.05. The average molecular weight is 300 g/mol. The number of hydrogen-bond acceptors (Lipinski definition) is 4. The zero-order chi connectivity index (χ0) is 13.0. The third kappa shape index (κ3) is 3.53.